The molecule has 1 N–H and O–H groups in total. The molecule has 38 heavy (non-hydrogen) atoms. The lowest BCUT2D eigenvalue weighted by Crippen LogP contribution is -2.43. The molecule has 0 heterocycles. The van der Waals surface area contributed by atoms with Crippen molar-refractivity contribution in [3.63, 3.8) is 0 Å². The van der Waals surface area contributed by atoms with Crippen LogP contribution in [0.2, 0.25) is 0 Å². The molecule has 0 aromatic heterocycles. The number of nitrogens with zero attached hydrogens (tertiary/aromatic N) is 2. The first kappa shape index (κ1) is 29.1. The number of halogens is 2. The third-order valence-electron chi connectivity index (χ3n) is 5.64. The van der Waals surface area contributed by atoms with Crippen molar-refractivity contribution in [1.29, 1.82) is 0 Å². The average molecular weight is 544 g/mol. The first-order valence-electron chi connectivity index (χ1n) is 11.8. The molecule has 3 rings (SSSR count). The van der Waals surface area contributed by atoms with Crippen LogP contribution in [-0.2, 0) is 16.2 Å². The van der Waals surface area contributed by atoms with Gasteiger partial charge >= 0.3 is 0 Å². The minimum Gasteiger partial charge on any atom is -0.489 e. The number of carbonyl (C=O) groups is 2. The van der Waals surface area contributed by atoms with Gasteiger partial charge in [-0.15, -0.1) is 11.8 Å². The number of amides is 2. The molecular weight excluding hydrogens is 512 g/mol. The van der Waals surface area contributed by atoms with E-state index in [4.69, 9.17) is 4.74 Å². The number of rotatable bonds is 12. The number of hydrogen-bond acceptors (Lipinski definition) is 6. The summed E-state index contributed by atoms with van der Waals surface area (Å²) in [5.41, 5.74) is 4.80. The molecule has 3 aromatic carbocycles. The quantitative estimate of drug-likeness (QED) is 0.266. The second-order valence-corrected chi connectivity index (χ2v) is 9.59. The monoisotopic (exact) mass is 543 g/mol. The third kappa shape index (κ3) is 8.01. The Balaban J connectivity index is 1.69. The van der Waals surface area contributed by atoms with E-state index in [1.165, 1.54) is 35.9 Å². The van der Waals surface area contributed by atoms with E-state index in [0.717, 1.165) is 11.1 Å². The van der Waals surface area contributed by atoms with Gasteiger partial charge in [0.05, 0.1) is 7.11 Å². The van der Waals surface area contributed by atoms with Gasteiger partial charge in [-0.25, -0.2) is 14.3 Å². The van der Waals surface area contributed by atoms with Gasteiger partial charge in [0, 0.05) is 23.5 Å². The highest BCUT2D eigenvalue weighted by molar-refractivity contribution is 7.98. The molecule has 202 valence electrons. The van der Waals surface area contributed by atoms with Crippen molar-refractivity contribution in [1.82, 2.24) is 15.3 Å². The predicted molar refractivity (Wildman–Crippen MR) is 144 cm³/mol. The Morgan fingerprint density at radius 2 is 1.68 bits per heavy atom. The molecule has 3 aromatic rings. The van der Waals surface area contributed by atoms with Crippen molar-refractivity contribution >= 4 is 23.6 Å². The Labute approximate surface area is 225 Å². The Kier molecular flexibility index (Phi) is 10.6. The number of hydrogen-bond donors (Lipinski definition) is 1. The zero-order valence-electron chi connectivity index (χ0n) is 21.8. The van der Waals surface area contributed by atoms with Gasteiger partial charge < -0.3 is 14.5 Å². The summed E-state index contributed by atoms with van der Waals surface area (Å²) < 4.78 is 33.3. The van der Waals surface area contributed by atoms with Crippen molar-refractivity contribution in [2.45, 2.75) is 11.5 Å². The first-order valence-corrected chi connectivity index (χ1v) is 13.0. The maximum absolute atomic E-state index is 13.8. The lowest BCUT2D eigenvalue weighted by Gasteiger charge is -2.24. The summed E-state index contributed by atoms with van der Waals surface area (Å²) in [6, 6.07) is 16.5. The standard InChI is InChI=1S/C28H31F2N3O4S/c1-32(2)12-13-33(17-27(34)31-36-3)28(35)21-7-5-6-19(14-21)18-37-22-10-8-20(9-11-22)23-15-24(29)25(30)16-26(23)38-4/h5-11,14-16H,12-13,17-18H2,1-4H3,(H,31,34). The van der Waals surface area contributed by atoms with E-state index < -0.39 is 17.5 Å². The van der Waals surface area contributed by atoms with E-state index in [2.05, 4.69) is 10.3 Å². The van der Waals surface area contributed by atoms with E-state index in [9.17, 15) is 18.4 Å². The molecule has 0 atom stereocenters. The van der Waals surface area contributed by atoms with Crippen molar-refractivity contribution in [3.8, 4) is 16.9 Å². The third-order valence-corrected chi connectivity index (χ3v) is 6.42. The lowest BCUT2D eigenvalue weighted by molar-refractivity contribution is -0.132. The van der Waals surface area contributed by atoms with Crippen LogP contribution in [0.25, 0.3) is 11.1 Å². The Morgan fingerprint density at radius 3 is 2.34 bits per heavy atom. The maximum atomic E-state index is 13.8. The minimum atomic E-state index is -0.896. The number of likely N-dealkylation sites (N-methyl/N-ethyl adjacent to an activating group) is 1. The van der Waals surface area contributed by atoms with Crippen LogP contribution in [-0.4, -0.2) is 68.7 Å². The Morgan fingerprint density at radius 1 is 0.974 bits per heavy atom. The Bertz CT molecular complexity index is 1260. The zero-order chi connectivity index (χ0) is 27.7. The van der Waals surface area contributed by atoms with Crippen LogP contribution in [0.4, 0.5) is 8.78 Å². The molecule has 0 saturated carbocycles. The van der Waals surface area contributed by atoms with E-state index >= 15 is 0 Å². The summed E-state index contributed by atoms with van der Waals surface area (Å²) >= 11 is 1.34. The van der Waals surface area contributed by atoms with Gasteiger partial charge in [0.15, 0.2) is 11.6 Å². The molecule has 0 unspecified atom stereocenters. The van der Waals surface area contributed by atoms with Gasteiger partial charge in [0.25, 0.3) is 11.8 Å². The van der Waals surface area contributed by atoms with Crippen LogP contribution < -0.4 is 10.2 Å². The highest BCUT2D eigenvalue weighted by atomic mass is 32.2. The molecular formula is C28H31F2N3O4S. The second-order valence-electron chi connectivity index (χ2n) is 8.74. The molecule has 7 nitrogen and oxygen atoms in total. The van der Waals surface area contributed by atoms with Gasteiger partial charge in [-0.05, 0) is 73.4 Å². The van der Waals surface area contributed by atoms with Gasteiger partial charge in [-0.1, -0.05) is 24.3 Å². The van der Waals surface area contributed by atoms with E-state index in [0.29, 0.717) is 34.9 Å². The van der Waals surface area contributed by atoms with Gasteiger partial charge in [-0.3, -0.25) is 14.4 Å². The fourth-order valence-corrected chi connectivity index (χ4v) is 4.31. The number of ether oxygens (including phenoxy) is 1. The molecule has 0 spiro atoms. The molecule has 2 amide bonds. The molecule has 0 aliphatic rings. The minimum absolute atomic E-state index is 0.135. The molecule has 10 heteroatoms. The number of carbonyl (C=O) groups excluding carboxylic acids is 2. The van der Waals surface area contributed by atoms with Crippen LogP contribution in [0.15, 0.2) is 65.6 Å². The summed E-state index contributed by atoms with van der Waals surface area (Å²) in [5, 5.41) is 0. The van der Waals surface area contributed by atoms with Gasteiger partial charge in [0.1, 0.15) is 18.9 Å². The summed E-state index contributed by atoms with van der Waals surface area (Å²) in [6.07, 6.45) is 1.81. The summed E-state index contributed by atoms with van der Waals surface area (Å²) in [5.74, 6) is -1.89. The van der Waals surface area contributed by atoms with E-state index in [-0.39, 0.29) is 19.1 Å². The summed E-state index contributed by atoms with van der Waals surface area (Å²) in [4.78, 5) is 33.9. The second kappa shape index (κ2) is 13.9. The molecule has 0 bridgehead atoms. The van der Waals surface area contributed by atoms with Crippen molar-refractivity contribution in [2.24, 2.45) is 0 Å². The fourth-order valence-electron chi connectivity index (χ4n) is 3.69. The van der Waals surface area contributed by atoms with Crippen molar-refractivity contribution in [2.75, 3.05) is 47.1 Å². The number of benzene rings is 3. The van der Waals surface area contributed by atoms with Crippen LogP contribution >= 0.6 is 11.8 Å². The smallest absolute Gasteiger partial charge is 0.263 e. The number of nitrogens with one attached hydrogen (secondary N) is 1. The van der Waals surface area contributed by atoms with E-state index in [1.807, 2.05) is 31.3 Å². The van der Waals surface area contributed by atoms with Crippen molar-refractivity contribution in [3.05, 3.63) is 83.4 Å². The highest BCUT2D eigenvalue weighted by Crippen LogP contribution is 2.33. The normalized spacial score (nSPS) is 10.9. The maximum Gasteiger partial charge on any atom is 0.263 e. The van der Waals surface area contributed by atoms with Crippen LogP contribution in [0.3, 0.4) is 0 Å². The van der Waals surface area contributed by atoms with Crippen LogP contribution in [0, 0.1) is 11.6 Å². The van der Waals surface area contributed by atoms with Gasteiger partial charge in [-0.2, -0.15) is 0 Å². The summed E-state index contributed by atoms with van der Waals surface area (Å²) in [7, 11) is 5.12. The van der Waals surface area contributed by atoms with Crippen LogP contribution in [0.5, 0.6) is 5.75 Å². The zero-order valence-corrected chi connectivity index (χ0v) is 22.6. The van der Waals surface area contributed by atoms with Crippen molar-refractivity contribution < 1.29 is 27.9 Å². The summed E-state index contributed by atoms with van der Waals surface area (Å²) in [6.45, 7) is 1.04. The lowest BCUT2D eigenvalue weighted by atomic mass is 10.1. The fraction of sp³-hybridized carbons (Fsp3) is 0.286. The number of hydroxylamine groups is 1. The molecule has 0 radical (unpaired) electrons. The molecule has 0 fully saturated rings. The molecule has 0 saturated heterocycles. The molecule has 0 aliphatic carbocycles. The first-order chi connectivity index (χ1) is 18.2. The van der Waals surface area contributed by atoms with E-state index in [1.54, 1.807) is 42.5 Å². The highest BCUT2D eigenvalue weighted by Gasteiger charge is 2.19. The SMILES string of the molecule is CONC(=O)CN(CCN(C)C)C(=O)c1cccc(COc2ccc(-c3cc(F)c(F)cc3SC)cc2)c1. The Hall–Kier alpha value is -3.47. The predicted octanol–water partition coefficient (Wildman–Crippen LogP) is 4.61. The topological polar surface area (TPSA) is 71.1 Å². The van der Waals surface area contributed by atoms with Crippen LogP contribution in [0.1, 0.15) is 15.9 Å². The number of thioether (sulfide) groups is 1. The van der Waals surface area contributed by atoms with Gasteiger partial charge in [0.2, 0.25) is 0 Å². The molecule has 0 aliphatic heterocycles. The largest absolute Gasteiger partial charge is 0.489 e. The average Bonchev–Trinajstić information content (AvgIpc) is 2.91.